The molecule has 110 valence electrons. The van der Waals surface area contributed by atoms with Gasteiger partial charge in [-0.1, -0.05) is 0 Å². The fourth-order valence-electron chi connectivity index (χ4n) is 2.50. The third kappa shape index (κ3) is 5.91. The van der Waals surface area contributed by atoms with E-state index < -0.39 is 0 Å². The number of carbonyl (C=O) groups is 1. The van der Waals surface area contributed by atoms with E-state index >= 15 is 0 Å². The van der Waals surface area contributed by atoms with Crippen LogP contribution >= 0.6 is 0 Å². The number of carbonyl (C=O) groups excluding carboxylic acids is 1. The molecule has 0 aromatic heterocycles. The van der Waals surface area contributed by atoms with Gasteiger partial charge in [-0.15, -0.1) is 0 Å². The topological polar surface area (TPSA) is 32.8 Å². The van der Waals surface area contributed by atoms with Crippen LogP contribution < -0.4 is 0 Å². The highest BCUT2D eigenvalue weighted by Gasteiger charge is 2.26. The molecule has 0 atom stereocenters. The van der Waals surface area contributed by atoms with Gasteiger partial charge >= 0.3 is 5.97 Å². The summed E-state index contributed by atoms with van der Waals surface area (Å²) in [6.07, 6.45) is 3.37. The largest absolute Gasteiger partial charge is 0.460 e. The molecule has 4 heteroatoms. The average Bonchev–Trinajstić information content (AvgIpc) is 3.10. The molecule has 4 nitrogen and oxygen atoms in total. The van der Waals surface area contributed by atoms with Gasteiger partial charge in [-0.2, -0.15) is 0 Å². The van der Waals surface area contributed by atoms with E-state index in [-0.39, 0.29) is 11.6 Å². The minimum absolute atomic E-state index is 0.0760. The second-order valence-electron chi connectivity index (χ2n) is 6.92. The van der Waals surface area contributed by atoms with Gasteiger partial charge in [0.25, 0.3) is 0 Å². The Hall–Kier alpha value is -0.610. The molecule has 0 aromatic carbocycles. The van der Waals surface area contributed by atoms with Crippen molar-refractivity contribution in [2.75, 3.05) is 39.3 Å². The quantitative estimate of drug-likeness (QED) is 0.711. The van der Waals surface area contributed by atoms with Crippen molar-refractivity contribution in [1.82, 2.24) is 9.80 Å². The molecule has 1 saturated heterocycles. The minimum Gasteiger partial charge on any atom is -0.460 e. The summed E-state index contributed by atoms with van der Waals surface area (Å²) in [5.41, 5.74) is -0.361. The summed E-state index contributed by atoms with van der Waals surface area (Å²) in [6, 6.07) is 0. The van der Waals surface area contributed by atoms with Crippen LogP contribution in [-0.4, -0.2) is 60.6 Å². The Morgan fingerprint density at radius 1 is 1.11 bits per heavy atom. The number of piperazine rings is 1. The molecule has 0 amide bonds. The van der Waals surface area contributed by atoms with Crippen LogP contribution in [0.1, 0.15) is 40.0 Å². The van der Waals surface area contributed by atoms with Crippen LogP contribution in [0.3, 0.4) is 0 Å². The summed E-state index contributed by atoms with van der Waals surface area (Å²) >= 11 is 0. The number of esters is 1. The molecule has 1 aliphatic heterocycles. The van der Waals surface area contributed by atoms with E-state index in [9.17, 15) is 4.79 Å². The van der Waals surface area contributed by atoms with E-state index in [1.54, 1.807) is 0 Å². The first-order chi connectivity index (χ1) is 8.92. The third-order valence-corrected chi connectivity index (χ3v) is 3.73. The molecule has 1 aliphatic carbocycles. The summed E-state index contributed by atoms with van der Waals surface area (Å²) in [5, 5.41) is 0. The van der Waals surface area contributed by atoms with E-state index in [0.29, 0.717) is 6.42 Å². The third-order valence-electron chi connectivity index (χ3n) is 3.73. The number of hydrogen-bond donors (Lipinski definition) is 0. The van der Waals surface area contributed by atoms with Crippen molar-refractivity contribution in [3.63, 3.8) is 0 Å². The smallest absolute Gasteiger partial charge is 0.307 e. The maximum atomic E-state index is 11.7. The van der Waals surface area contributed by atoms with Crippen LogP contribution in [0, 0.1) is 5.92 Å². The molecular weight excluding hydrogens is 240 g/mol. The molecule has 0 N–H and O–H groups in total. The van der Waals surface area contributed by atoms with Crippen LogP contribution in [0.5, 0.6) is 0 Å². The van der Waals surface area contributed by atoms with Gasteiger partial charge in [-0.25, -0.2) is 0 Å². The zero-order valence-corrected chi connectivity index (χ0v) is 12.7. The van der Waals surface area contributed by atoms with Crippen molar-refractivity contribution in [3.05, 3.63) is 0 Å². The molecule has 0 spiro atoms. The normalized spacial score (nSPS) is 22.5. The van der Waals surface area contributed by atoms with Crippen LogP contribution in [0.2, 0.25) is 0 Å². The second-order valence-corrected chi connectivity index (χ2v) is 6.92. The van der Waals surface area contributed by atoms with E-state index in [0.717, 1.165) is 38.6 Å². The molecule has 0 aromatic rings. The van der Waals surface area contributed by atoms with Gasteiger partial charge in [0.05, 0.1) is 6.42 Å². The van der Waals surface area contributed by atoms with Gasteiger partial charge in [-0.3, -0.25) is 4.79 Å². The van der Waals surface area contributed by atoms with Crippen LogP contribution in [-0.2, 0) is 9.53 Å². The first kappa shape index (κ1) is 14.8. The SMILES string of the molecule is CC(C)(C)OC(=O)CCN1CCN(CC2CC2)CC1. The van der Waals surface area contributed by atoms with Crippen molar-refractivity contribution in [2.45, 2.75) is 45.6 Å². The molecule has 2 rings (SSSR count). The maximum Gasteiger partial charge on any atom is 0.307 e. The summed E-state index contributed by atoms with van der Waals surface area (Å²) in [5.74, 6) is 0.904. The lowest BCUT2D eigenvalue weighted by Crippen LogP contribution is -2.47. The highest BCUT2D eigenvalue weighted by atomic mass is 16.6. The second kappa shape index (κ2) is 6.23. The van der Waals surface area contributed by atoms with Gasteiger partial charge in [0.1, 0.15) is 5.60 Å². The highest BCUT2D eigenvalue weighted by molar-refractivity contribution is 5.70. The number of nitrogens with zero attached hydrogens (tertiary/aromatic N) is 2. The van der Waals surface area contributed by atoms with E-state index in [4.69, 9.17) is 4.74 Å². The average molecular weight is 268 g/mol. The molecule has 0 bridgehead atoms. The maximum absolute atomic E-state index is 11.7. The molecule has 1 heterocycles. The highest BCUT2D eigenvalue weighted by Crippen LogP contribution is 2.29. The van der Waals surface area contributed by atoms with Crippen LogP contribution in [0.4, 0.5) is 0 Å². The van der Waals surface area contributed by atoms with Crippen molar-refractivity contribution in [2.24, 2.45) is 5.92 Å². The lowest BCUT2D eigenvalue weighted by atomic mass is 10.2. The van der Waals surface area contributed by atoms with E-state index in [1.807, 2.05) is 20.8 Å². The summed E-state index contributed by atoms with van der Waals surface area (Å²) in [6.45, 7) is 12.4. The lowest BCUT2D eigenvalue weighted by molar-refractivity contribution is -0.155. The number of rotatable bonds is 5. The Morgan fingerprint density at radius 3 is 2.21 bits per heavy atom. The van der Waals surface area contributed by atoms with Crippen LogP contribution in [0.15, 0.2) is 0 Å². The van der Waals surface area contributed by atoms with Crippen molar-refractivity contribution < 1.29 is 9.53 Å². The summed E-state index contributed by atoms with van der Waals surface area (Å²) < 4.78 is 5.33. The standard InChI is InChI=1S/C15H28N2O2/c1-15(2,3)19-14(18)6-7-16-8-10-17(11-9-16)12-13-4-5-13/h13H,4-12H2,1-3H3. The van der Waals surface area contributed by atoms with Gasteiger partial charge in [-0.05, 0) is 39.5 Å². The molecule has 1 saturated carbocycles. The molecule has 2 fully saturated rings. The van der Waals surface area contributed by atoms with Gasteiger partial charge in [0, 0.05) is 39.3 Å². The Balaban J connectivity index is 1.58. The first-order valence-corrected chi connectivity index (χ1v) is 7.59. The van der Waals surface area contributed by atoms with E-state index in [1.165, 1.54) is 19.4 Å². The van der Waals surface area contributed by atoms with Crippen molar-refractivity contribution in [3.8, 4) is 0 Å². The van der Waals surface area contributed by atoms with Crippen molar-refractivity contribution >= 4 is 5.97 Å². The molecular formula is C15H28N2O2. The zero-order valence-electron chi connectivity index (χ0n) is 12.7. The Labute approximate surface area is 117 Å². The fourth-order valence-corrected chi connectivity index (χ4v) is 2.50. The molecule has 0 unspecified atom stereocenters. The molecule has 19 heavy (non-hydrogen) atoms. The zero-order chi connectivity index (χ0) is 13.9. The van der Waals surface area contributed by atoms with Gasteiger partial charge < -0.3 is 14.5 Å². The Kier molecular flexibility index (Phi) is 4.85. The number of hydrogen-bond acceptors (Lipinski definition) is 4. The molecule has 0 radical (unpaired) electrons. The van der Waals surface area contributed by atoms with Crippen molar-refractivity contribution in [1.29, 1.82) is 0 Å². The van der Waals surface area contributed by atoms with Gasteiger partial charge in [0.15, 0.2) is 0 Å². The predicted octanol–water partition coefficient (Wildman–Crippen LogP) is 1.75. The van der Waals surface area contributed by atoms with Gasteiger partial charge in [0.2, 0.25) is 0 Å². The fraction of sp³-hybridized carbons (Fsp3) is 0.933. The van der Waals surface area contributed by atoms with E-state index in [2.05, 4.69) is 9.80 Å². The minimum atomic E-state index is -0.361. The Bertz CT molecular complexity index is 300. The first-order valence-electron chi connectivity index (χ1n) is 7.59. The number of ether oxygens (including phenoxy) is 1. The predicted molar refractivity (Wildman–Crippen MR) is 76.1 cm³/mol. The van der Waals surface area contributed by atoms with Crippen LogP contribution in [0.25, 0.3) is 0 Å². The summed E-state index contributed by atoms with van der Waals surface area (Å²) in [7, 11) is 0. The Morgan fingerprint density at radius 2 is 1.68 bits per heavy atom. The summed E-state index contributed by atoms with van der Waals surface area (Å²) in [4.78, 5) is 16.6. The lowest BCUT2D eigenvalue weighted by Gasteiger charge is -2.34. The molecule has 2 aliphatic rings. The monoisotopic (exact) mass is 268 g/mol.